The number of nitrogens with one attached hydrogen (secondary N) is 2. The number of hydrogen-bond donors (Lipinski definition) is 2. The third kappa shape index (κ3) is 5.45. The number of aromatic nitrogens is 2. The van der Waals surface area contributed by atoms with Crippen molar-refractivity contribution in [3.05, 3.63) is 54.0 Å². The summed E-state index contributed by atoms with van der Waals surface area (Å²) < 4.78 is 0. The first kappa shape index (κ1) is 17.2. The second-order valence-electron chi connectivity index (χ2n) is 6.28. The van der Waals surface area contributed by atoms with E-state index in [1.807, 2.05) is 36.5 Å². The molecule has 0 saturated carbocycles. The van der Waals surface area contributed by atoms with Gasteiger partial charge in [-0.25, -0.2) is 9.78 Å². The van der Waals surface area contributed by atoms with E-state index in [4.69, 9.17) is 0 Å². The molecule has 0 atom stereocenters. The molecule has 1 saturated heterocycles. The first-order valence-corrected chi connectivity index (χ1v) is 8.93. The van der Waals surface area contributed by atoms with Gasteiger partial charge in [0.25, 0.3) is 0 Å². The summed E-state index contributed by atoms with van der Waals surface area (Å²) in [6.07, 6.45) is 8.66. The van der Waals surface area contributed by atoms with E-state index in [0.717, 1.165) is 30.2 Å². The average Bonchev–Trinajstić information content (AvgIpc) is 2.95. The normalized spacial score (nSPS) is 14.6. The predicted octanol–water partition coefficient (Wildman–Crippen LogP) is 2.86. The molecule has 0 aliphatic carbocycles. The van der Waals surface area contributed by atoms with E-state index in [-0.39, 0.29) is 6.03 Å². The number of urea groups is 1. The SMILES string of the molecule is O=C(NCc1ccc(N2CCCCCC2)nc1)NCc1ccccn1. The molecule has 2 aromatic heterocycles. The third-order valence-corrected chi connectivity index (χ3v) is 4.35. The minimum atomic E-state index is -0.206. The Kier molecular flexibility index (Phi) is 6.20. The third-order valence-electron chi connectivity index (χ3n) is 4.35. The molecule has 0 spiro atoms. The number of hydrogen-bond acceptors (Lipinski definition) is 4. The predicted molar refractivity (Wildman–Crippen MR) is 98.2 cm³/mol. The van der Waals surface area contributed by atoms with Crippen LogP contribution in [0.4, 0.5) is 10.6 Å². The number of nitrogens with zero attached hydrogens (tertiary/aromatic N) is 3. The van der Waals surface area contributed by atoms with E-state index in [1.54, 1.807) is 6.20 Å². The first-order valence-electron chi connectivity index (χ1n) is 8.93. The minimum Gasteiger partial charge on any atom is -0.357 e. The van der Waals surface area contributed by atoms with E-state index in [0.29, 0.717) is 13.1 Å². The fourth-order valence-corrected chi connectivity index (χ4v) is 2.93. The zero-order valence-corrected chi connectivity index (χ0v) is 14.4. The van der Waals surface area contributed by atoms with Crippen LogP contribution in [-0.2, 0) is 13.1 Å². The van der Waals surface area contributed by atoms with Crippen molar-refractivity contribution in [2.75, 3.05) is 18.0 Å². The standard InChI is InChI=1S/C19H25N5O/c25-19(23-15-17-7-3-4-10-20-17)22-14-16-8-9-18(21-13-16)24-11-5-1-2-6-12-24/h3-4,7-10,13H,1-2,5-6,11-12,14-15H2,(H2,22,23,25). The van der Waals surface area contributed by atoms with Crippen molar-refractivity contribution in [2.45, 2.75) is 38.8 Å². The van der Waals surface area contributed by atoms with Crippen molar-refractivity contribution >= 4 is 11.8 Å². The van der Waals surface area contributed by atoms with Crippen LogP contribution in [0.1, 0.15) is 36.9 Å². The van der Waals surface area contributed by atoms with Gasteiger partial charge in [-0.15, -0.1) is 0 Å². The van der Waals surface area contributed by atoms with Crippen molar-refractivity contribution in [3.8, 4) is 0 Å². The molecule has 1 aliphatic rings. The van der Waals surface area contributed by atoms with Crippen LogP contribution in [0.5, 0.6) is 0 Å². The molecule has 6 nitrogen and oxygen atoms in total. The van der Waals surface area contributed by atoms with Crippen LogP contribution in [0.3, 0.4) is 0 Å². The monoisotopic (exact) mass is 339 g/mol. The lowest BCUT2D eigenvalue weighted by molar-refractivity contribution is 0.240. The van der Waals surface area contributed by atoms with Crippen LogP contribution in [0.25, 0.3) is 0 Å². The second kappa shape index (κ2) is 9.01. The van der Waals surface area contributed by atoms with Gasteiger partial charge in [0.15, 0.2) is 0 Å². The molecule has 3 rings (SSSR count). The van der Waals surface area contributed by atoms with Gasteiger partial charge < -0.3 is 15.5 Å². The summed E-state index contributed by atoms with van der Waals surface area (Å²) in [5.74, 6) is 1.03. The highest BCUT2D eigenvalue weighted by Crippen LogP contribution is 2.17. The zero-order chi connectivity index (χ0) is 17.3. The van der Waals surface area contributed by atoms with Gasteiger partial charge in [0, 0.05) is 32.0 Å². The molecular weight excluding hydrogens is 314 g/mol. The quantitative estimate of drug-likeness (QED) is 0.879. The lowest BCUT2D eigenvalue weighted by Crippen LogP contribution is -2.34. The Morgan fingerprint density at radius 2 is 1.76 bits per heavy atom. The number of rotatable bonds is 5. The van der Waals surface area contributed by atoms with Crippen molar-refractivity contribution in [1.82, 2.24) is 20.6 Å². The van der Waals surface area contributed by atoms with Gasteiger partial charge in [0.05, 0.1) is 12.2 Å². The van der Waals surface area contributed by atoms with Crippen molar-refractivity contribution in [1.29, 1.82) is 0 Å². The molecule has 2 amide bonds. The van der Waals surface area contributed by atoms with Gasteiger partial charge in [-0.3, -0.25) is 4.98 Å². The molecular formula is C19H25N5O. The van der Waals surface area contributed by atoms with E-state index < -0.39 is 0 Å². The molecule has 6 heteroatoms. The van der Waals surface area contributed by atoms with E-state index >= 15 is 0 Å². The first-order chi connectivity index (χ1) is 12.3. The van der Waals surface area contributed by atoms with E-state index in [9.17, 15) is 4.79 Å². The maximum Gasteiger partial charge on any atom is 0.315 e. The number of anilines is 1. The van der Waals surface area contributed by atoms with Gasteiger partial charge in [0.1, 0.15) is 5.82 Å². The molecule has 0 unspecified atom stereocenters. The smallest absolute Gasteiger partial charge is 0.315 e. The van der Waals surface area contributed by atoms with Crippen molar-refractivity contribution in [2.24, 2.45) is 0 Å². The largest absolute Gasteiger partial charge is 0.357 e. The molecule has 0 aromatic carbocycles. The molecule has 132 valence electrons. The molecule has 2 aromatic rings. The van der Waals surface area contributed by atoms with Crippen molar-refractivity contribution in [3.63, 3.8) is 0 Å². The van der Waals surface area contributed by atoms with Crippen LogP contribution in [0, 0.1) is 0 Å². The summed E-state index contributed by atoms with van der Waals surface area (Å²) >= 11 is 0. The van der Waals surface area contributed by atoms with Crippen LogP contribution < -0.4 is 15.5 Å². The number of pyridine rings is 2. The van der Waals surface area contributed by atoms with Crippen LogP contribution in [0.15, 0.2) is 42.7 Å². The molecule has 1 aliphatic heterocycles. The van der Waals surface area contributed by atoms with Crippen molar-refractivity contribution < 1.29 is 4.79 Å². The lowest BCUT2D eigenvalue weighted by atomic mass is 10.2. The number of carbonyl (C=O) groups excluding carboxylic acids is 1. The fourth-order valence-electron chi connectivity index (χ4n) is 2.93. The Hall–Kier alpha value is -2.63. The Labute approximate surface area is 148 Å². The summed E-state index contributed by atoms with van der Waals surface area (Å²) in [6.45, 7) is 3.04. The van der Waals surface area contributed by atoms with Crippen LogP contribution in [0.2, 0.25) is 0 Å². The van der Waals surface area contributed by atoms with Crippen LogP contribution >= 0.6 is 0 Å². The van der Waals surface area contributed by atoms with Crippen LogP contribution in [-0.4, -0.2) is 29.1 Å². The van der Waals surface area contributed by atoms with Gasteiger partial charge >= 0.3 is 6.03 Å². The molecule has 25 heavy (non-hydrogen) atoms. The Bertz CT molecular complexity index is 651. The topological polar surface area (TPSA) is 70.2 Å². The summed E-state index contributed by atoms with van der Waals surface area (Å²) in [4.78, 5) is 22.9. The maximum absolute atomic E-state index is 11.9. The zero-order valence-electron chi connectivity index (χ0n) is 14.4. The van der Waals surface area contributed by atoms with E-state index in [1.165, 1.54) is 25.7 Å². The molecule has 0 radical (unpaired) electrons. The van der Waals surface area contributed by atoms with Gasteiger partial charge in [-0.1, -0.05) is 25.0 Å². The average molecular weight is 339 g/mol. The van der Waals surface area contributed by atoms with Gasteiger partial charge in [0.2, 0.25) is 0 Å². The fraction of sp³-hybridized carbons (Fsp3) is 0.421. The Morgan fingerprint density at radius 3 is 2.44 bits per heavy atom. The van der Waals surface area contributed by atoms with Gasteiger partial charge in [-0.05, 0) is 36.6 Å². The Balaban J connectivity index is 1.44. The van der Waals surface area contributed by atoms with E-state index in [2.05, 4.69) is 25.5 Å². The summed E-state index contributed by atoms with van der Waals surface area (Å²) in [5, 5.41) is 5.64. The highest BCUT2D eigenvalue weighted by atomic mass is 16.2. The second-order valence-corrected chi connectivity index (χ2v) is 6.28. The minimum absolute atomic E-state index is 0.206. The van der Waals surface area contributed by atoms with Gasteiger partial charge in [-0.2, -0.15) is 0 Å². The highest BCUT2D eigenvalue weighted by Gasteiger charge is 2.10. The Morgan fingerprint density at radius 1 is 0.960 bits per heavy atom. The molecule has 2 N–H and O–H groups in total. The highest BCUT2D eigenvalue weighted by molar-refractivity contribution is 5.73. The molecule has 1 fully saturated rings. The molecule has 0 bridgehead atoms. The summed E-state index contributed by atoms with van der Waals surface area (Å²) in [5.41, 5.74) is 1.83. The maximum atomic E-state index is 11.9. The summed E-state index contributed by atoms with van der Waals surface area (Å²) in [7, 11) is 0. The lowest BCUT2D eigenvalue weighted by Gasteiger charge is -2.21. The number of carbonyl (C=O) groups is 1. The molecule has 3 heterocycles. The summed E-state index contributed by atoms with van der Waals surface area (Å²) in [6, 6.07) is 9.51. The number of amides is 2.